The van der Waals surface area contributed by atoms with Gasteiger partial charge in [0.05, 0.1) is 6.42 Å². The fourth-order valence-electron chi connectivity index (χ4n) is 3.24. The first-order valence-electron chi connectivity index (χ1n) is 6.53. The van der Waals surface area contributed by atoms with Crippen molar-refractivity contribution in [2.24, 2.45) is 0 Å². The van der Waals surface area contributed by atoms with E-state index in [2.05, 4.69) is 4.90 Å². The number of halogens is 3. The lowest BCUT2D eigenvalue weighted by atomic mass is 10.0. The van der Waals surface area contributed by atoms with Gasteiger partial charge in [0, 0.05) is 25.2 Å². The molecule has 7 heteroatoms. The predicted molar refractivity (Wildman–Crippen MR) is 62.9 cm³/mol. The van der Waals surface area contributed by atoms with Crippen LogP contribution in [0.1, 0.15) is 25.7 Å². The molecule has 0 saturated carbocycles. The highest BCUT2D eigenvalue weighted by atomic mass is 19.4. The normalized spacial score (nSPS) is 31.2. The Balaban J connectivity index is 2.11. The number of fused-ring (bicyclic) bond motifs is 2. The lowest BCUT2D eigenvalue weighted by Gasteiger charge is -2.33. The quantitative estimate of drug-likeness (QED) is 0.852. The Kier molecular flexibility index (Phi) is 4.06. The van der Waals surface area contributed by atoms with Gasteiger partial charge in [-0.2, -0.15) is 13.2 Å². The Labute approximate surface area is 110 Å². The number of likely N-dealkylation sites (tertiary alicyclic amines) is 1. The van der Waals surface area contributed by atoms with Gasteiger partial charge in [0.2, 0.25) is 0 Å². The van der Waals surface area contributed by atoms with E-state index in [9.17, 15) is 18.0 Å². The summed E-state index contributed by atoms with van der Waals surface area (Å²) in [4.78, 5) is 14.1. The Bertz CT molecular complexity index is 348. The summed E-state index contributed by atoms with van der Waals surface area (Å²) in [6, 6.07) is -1.40. The first kappa shape index (κ1) is 14.6. The molecule has 3 atom stereocenters. The molecule has 0 spiro atoms. The number of carboxylic acid groups (broad SMARTS) is 1. The van der Waals surface area contributed by atoms with Gasteiger partial charge in [-0.05, 0) is 26.3 Å². The first-order chi connectivity index (χ1) is 8.79. The van der Waals surface area contributed by atoms with Gasteiger partial charge >= 0.3 is 12.1 Å². The van der Waals surface area contributed by atoms with E-state index in [1.165, 1.54) is 4.90 Å². The minimum absolute atomic E-state index is 0.117. The standard InChI is InChI=1S/C12H19F3N2O2/c1-16-8-2-3-9(16)7-17(5-4-8)10(6-11(18)19)12(13,14)15/h8-10H,2-7H2,1H3,(H,18,19). The third-order valence-electron chi connectivity index (χ3n) is 4.37. The minimum Gasteiger partial charge on any atom is -0.481 e. The highest BCUT2D eigenvalue weighted by molar-refractivity contribution is 5.67. The van der Waals surface area contributed by atoms with Crippen LogP contribution in [-0.4, -0.2) is 65.3 Å². The van der Waals surface area contributed by atoms with Gasteiger partial charge in [-0.3, -0.25) is 14.6 Å². The van der Waals surface area contributed by atoms with E-state index in [4.69, 9.17) is 5.11 Å². The van der Waals surface area contributed by atoms with Crippen LogP contribution in [0, 0.1) is 0 Å². The van der Waals surface area contributed by atoms with Crippen molar-refractivity contribution in [3.05, 3.63) is 0 Å². The average molecular weight is 280 g/mol. The predicted octanol–water partition coefficient (Wildman–Crippen LogP) is 1.56. The highest BCUT2D eigenvalue weighted by Crippen LogP contribution is 2.33. The number of carbonyl (C=O) groups is 1. The van der Waals surface area contributed by atoms with E-state index in [0.717, 1.165) is 12.8 Å². The average Bonchev–Trinajstić information content (AvgIpc) is 2.49. The minimum atomic E-state index is -4.49. The van der Waals surface area contributed by atoms with Crippen LogP contribution in [-0.2, 0) is 4.79 Å². The molecular weight excluding hydrogens is 261 g/mol. The summed E-state index contributed by atoms with van der Waals surface area (Å²) in [7, 11) is 1.95. The summed E-state index contributed by atoms with van der Waals surface area (Å²) in [6.07, 6.45) is -2.75. The van der Waals surface area contributed by atoms with E-state index >= 15 is 0 Å². The second kappa shape index (κ2) is 5.28. The zero-order valence-electron chi connectivity index (χ0n) is 10.9. The maximum absolute atomic E-state index is 13.0. The Morgan fingerprint density at radius 2 is 1.95 bits per heavy atom. The molecule has 0 aromatic heterocycles. The molecule has 0 radical (unpaired) electrons. The maximum atomic E-state index is 13.0. The molecule has 2 fully saturated rings. The fraction of sp³-hybridized carbons (Fsp3) is 0.917. The number of rotatable bonds is 3. The zero-order chi connectivity index (χ0) is 14.2. The second-order valence-corrected chi connectivity index (χ2v) is 5.49. The fourth-order valence-corrected chi connectivity index (χ4v) is 3.24. The van der Waals surface area contributed by atoms with Crippen LogP contribution in [0.2, 0.25) is 0 Å². The molecule has 0 aliphatic carbocycles. The molecule has 0 aromatic carbocycles. The van der Waals surface area contributed by atoms with Gasteiger partial charge in [0.1, 0.15) is 6.04 Å². The molecule has 4 nitrogen and oxygen atoms in total. The van der Waals surface area contributed by atoms with Crippen molar-refractivity contribution >= 4 is 5.97 Å². The summed E-state index contributed by atoms with van der Waals surface area (Å²) in [5, 5.41) is 8.69. The SMILES string of the molecule is CN1C2CCC1CN(C(CC(=O)O)C(F)(F)F)CC2. The van der Waals surface area contributed by atoms with Gasteiger partial charge in [0.25, 0.3) is 0 Å². The maximum Gasteiger partial charge on any atom is 0.404 e. The number of hydrogen-bond acceptors (Lipinski definition) is 3. The van der Waals surface area contributed by atoms with Crippen molar-refractivity contribution < 1.29 is 23.1 Å². The highest BCUT2D eigenvalue weighted by Gasteiger charge is 2.47. The van der Waals surface area contributed by atoms with E-state index in [0.29, 0.717) is 25.6 Å². The molecule has 19 heavy (non-hydrogen) atoms. The van der Waals surface area contributed by atoms with Gasteiger partial charge in [-0.15, -0.1) is 0 Å². The Morgan fingerprint density at radius 3 is 2.53 bits per heavy atom. The number of nitrogens with zero attached hydrogens (tertiary/aromatic N) is 2. The largest absolute Gasteiger partial charge is 0.481 e. The summed E-state index contributed by atoms with van der Waals surface area (Å²) < 4.78 is 39.1. The molecule has 2 aliphatic rings. The van der Waals surface area contributed by atoms with Gasteiger partial charge in [-0.25, -0.2) is 0 Å². The molecule has 2 heterocycles. The molecule has 0 amide bonds. The van der Waals surface area contributed by atoms with Crippen LogP contribution in [0.15, 0.2) is 0 Å². The van der Waals surface area contributed by atoms with E-state index in [1.54, 1.807) is 0 Å². The van der Waals surface area contributed by atoms with Crippen LogP contribution in [0.3, 0.4) is 0 Å². The van der Waals surface area contributed by atoms with Crippen molar-refractivity contribution in [3.63, 3.8) is 0 Å². The molecular formula is C12H19F3N2O2. The summed E-state index contributed by atoms with van der Waals surface area (Å²) in [6.45, 7) is 0.632. The monoisotopic (exact) mass is 280 g/mol. The third-order valence-corrected chi connectivity index (χ3v) is 4.37. The Morgan fingerprint density at radius 1 is 1.32 bits per heavy atom. The molecule has 2 aliphatic heterocycles. The van der Waals surface area contributed by atoms with E-state index in [-0.39, 0.29) is 6.04 Å². The van der Waals surface area contributed by atoms with Crippen LogP contribution >= 0.6 is 0 Å². The number of hydrogen-bond donors (Lipinski definition) is 1. The smallest absolute Gasteiger partial charge is 0.404 e. The third kappa shape index (κ3) is 3.20. The molecule has 0 aromatic rings. The summed E-state index contributed by atoms with van der Waals surface area (Å²) in [5.74, 6) is -1.40. The van der Waals surface area contributed by atoms with Crippen molar-refractivity contribution in [1.29, 1.82) is 0 Å². The lowest BCUT2D eigenvalue weighted by Crippen LogP contribution is -2.50. The van der Waals surface area contributed by atoms with Crippen LogP contribution in [0.4, 0.5) is 13.2 Å². The van der Waals surface area contributed by atoms with E-state index in [1.807, 2.05) is 7.05 Å². The molecule has 2 rings (SSSR count). The van der Waals surface area contributed by atoms with Gasteiger partial charge in [0.15, 0.2) is 0 Å². The van der Waals surface area contributed by atoms with Crippen LogP contribution in [0.25, 0.3) is 0 Å². The van der Waals surface area contributed by atoms with Crippen molar-refractivity contribution in [1.82, 2.24) is 9.80 Å². The number of likely N-dealkylation sites (N-methyl/N-ethyl adjacent to an activating group) is 1. The zero-order valence-corrected chi connectivity index (χ0v) is 10.9. The van der Waals surface area contributed by atoms with Crippen molar-refractivity contribution in [3.8, 4) is 0 Å². The van der Waals surface area contributed by atoms with Crippen LogP contribution in [0.5, 0.6) is 0 Å². The lowest BCUT2D eigenvalue weighted by molar-refractivity contribution is -0.191. The van der Waals surface area contributed by atoms with E-state index < -0.39 is 24.6 Å². The molecule has 2 saturated heterocycles. The van der Waals surface area contributed by atoms with Crippen LogP contribution < -0.4 is 0 Å². The topological polar surface area (TPSA) is 43.8 Å². The molecule has 110 valence electrons. The number of aliphatic carboxylic acids is 1. The number of carboxylic acids is 1. The van der Waals surface area contributed by atoms with Gasteiger partial charge < -0.3 is 5.11 Å². The number of alkyl halides is 3. The molecule has 2 bridgehead atoms. The van der Waals surface area contributed by atoms with Gasteiger partial charge in [-0.1, -0.05) is 0 Å². The van der Waals surface area contributed by atoms with Crippen molar-refractivity contribution in [2.75, 3.05) is 20.1 Å². The second-order valence-electron chi connectivity index (χ2n) is 5.49. The first-order valence-corrected chi connectivity index (χ1v) is 6.53. The van der Waals surface area contributed by atoms with Crippen molar-refractivity contribution in [2.45, 2.75) is 50.0 Å². The Hall–Kier alpha value is -0.820. The molecule has 3 unspecified atom stereocenters. The summed E-state index contributed by atoms with van der Waals surface area (Å²) >= 11 is 0. The molecule has 1 N–H and O–H groups in total. The summed E-state index contributed by atoms with van der Waals surface area (Å²) in [5.41, 5.74) is 0.